The first-order chi connectivity index (χ1) is 11.0. The van der Waals surface area contributed by atoms with Crippen molar-refractivity contribution in [2.45, 2.75) is 11.6 Å². The van der Waals surface area contributed by atoms with Gasteiger partial charge in [-0.25, -0.2) is 9.78 Å². The monoisotopic (exact) mass is 342 g/mol. The third-order valence-electron chi connectivity index (χ3n) is 2.83. The number of rotatable bonds is 10. The molecule has 0 spiro atoms. The molecular formula is C13H18N4O5S. The van der Waals surface area contributed by atoms with Crippen molar-refractivity contribution < 1.29 is 24.2 Å². The van der Waals surface area contributed by atoms with Gasteiger partial charge in [0.2, 0.25) is 0 Å². The summed E-state index contributed by atoms with van der Waals surface area (Å²) in [6.07, 6.45) is 6.22. The van der Waals surface area contributed by atoms with Crippen LogP contribution < -0.4 is 10.6 Å². The molecule has 2 atom stereocenters. The molecule has 0 unspecified atom stereocenters. The van der Waals surface area contributed by atoms with E-state index < -0.39 is 23.5 Å². The minimum absolute atomic E-state index is 0.161. The predicted octanol–water partition coefficient (Wildman–Crippen LogP) is -0.595. The number of anilines is 1. The van der Waals surface area contributed by atoms with Crippen LogP contribution in [0.1, 0.15) is 0 Å². The van der Waals surface area contributed by atoms with Gasteiger partial charge >= 0.3 is 5.97 Å². The van der Waals surface area contributed by atoms with Crippen LogP contribution in [0.15, 0.2) is 18.6 Å². The number of nitrogens with one attached hydrogen (secondary N) is 2. The average molecular weight is 342 g/mol. The topological polar surface area (TPSA) is 131 Å². The van der Waals surface area contributed by atoms with Gasteiger partial charge in [-0.15, -0.1) is 0 Å². The van der Waals surface area contributed by atoms with E-state index in [0.29, 0.717) is 6.29 Å². The Balaban J connectivity index is 3.01. The molecule has 23 heavy (non-hydrogen) atoms. The van der Waals surface area contributed by atoms with Gasteiger partial charge in [-0.1, -0.05) is 0 Å². The van der Waals surface area contributed by atoms with Crippen molar-refractivity contribution in [1.29, 1.82) is 0 Å². The van der Waals surface area contributed by atoms with Crippen LogP contribution in [0.3, 0.4) is 0 Å². The summed E-state index contributed by atoms with van der Waals surface area (Å²) in [5, 5.41) is 14.1. The highest BCUT2D eigenvalue weighted by atomic mass is 32.2. The van der Waals surface area contributed by atoms with E-state index in [2.05, 4.69) is 20.6 Å². The highest BCUT2D eigenvalue weighted by Crippen LogP contribution is 2.13. The molecule has 1 heterocycles. The Kier molecular flexibility index (Phi) is 7.42. The number of methoxy groups -OCH3 is 1. The van der Waals surface area contributed by atoms with Crippen molar-refractivity contribution in [3.63, 3.8) is 0 Å². The van der Waals surface area contributed by atoms with Crippen molar-refractivity contribution in [3.8, 4) is 0 Å². The van der Waals surface area contributed by atoms with E-state index in [1.807, 2.05) is 0 Å². The van der Waals surface area contributed by atoms with E-state index in [4.69, 9.17) is 9.84 Å². The molecule has 10 heteroatoms. The summed E-state index contributed by atoms with van der Waals surface area (Å²) < 4.78 is 4.94. The summed E-state index contributed by atoms with van der Waals surface area (Å²) in [6, 6.07) is -1.13. The molecule has 1 rings (SSSR count). The normalized spacial score (nSPS) is 14.3. The molecule has 0 aromatic carbocycles. The van der Waals surface area contributed by atoms with Crippen molar-refractivity contribution in [3.05, 3.63) is 18.6 Å². The first-order valence-electron chi connectivity index (χ1n) is 6.51. The lowest BCUT2D eigenvalue weighted by molar-refractivity contribution is -0.143. The maximum Gasteiger partial charge on any atom is 0.327 e. The van der Waals surface area contributed by atoms with Crippen LogP contribution in [-0.4, -0.2) is 70.5 Å². The number of ether oxygens (including phenoxy) is 1. The number of carboxylic acids is 1. The number of amides is 1. The van der Waals surface area contributed by atoms with E-state index in [0.717, 1.165) is 0 Å². The molecule has 0 aliphatic carbocycles. The maximum atomic E-state index is 12.5. The largest absolute Gasteiger partial charge is 0.480 e. The van der Waals surface area contributed by atoms with Crippen molar-refractivity contribution in [1.82, 2.24) is 15.3 Å². The lowest BCUT2D eigenvalue weighted by atomic mass is 10.0. The van der Waals surface area contributed by atoms with Gasteiger partial charge < -0.3 is 25.3 Å². The Hall–Kier alpha value is -2.20. The zero-order valence-corrected chi connectivity index (χ0v) is 13.5. The number of aldehydes is 1. The smallest absolute Gasteiger partial charge is 0.327 e. The van der Waals surface area contributed by atoms with Crippen LogP contribution in [0, 0.1) is 0 Å². The number of carbonyl (C=O) groups is 3. The fraction of sp³-hybridized carbons (Fsp3) is 0.462. The Morgan fingerprint density at radius 1 is 1.52 bits per heavy atom. The van der Waals surface area contributed by atoms with E-state index in [9.17, 15) is 14.4 Å². The Morgan fingerprint density at radius 3 is 2.74 bits per heavy atom. The lowest BCUT2D eigenvalue weighted by Crippen LogP contribution is -2.60. The second-order valence-electron chi connectivity index (χ2n) is 4.56. The fourth-order valence-corrected chi connectivity index (χ4v) is 2.28. The molecule has 1 aromatic rings. The molecule has 0 saturated heterocycles. The maximum absolute atomic E-state index is 12.5. The van der Waals surface area contributed by atoms with Gasteiger partial charge in [0.15, 0.2) is 11.8 Å². The number of nitrogens with zero attached hydrogens (tertiary/aromatic N) is 2. The molecule has 0 bridgehead atoms. The van der Waals surface area contributed by atoms with Crippen molar-refractivity contribution in [2.75, 3.05) is 31.0 Å². The zero-order valence-electron chi connectivity index (χ0n) is 12.7. The van der Waals surface area contributed by atoms with Crippen LogP contribution in [0.4, 0.5) is 5.82 Å². The molecular weight excluding hydrogens is 324 g/mol. The molecule has 0 aliphatic heterocycles. The SMILES string of the molecule is COC[C@](C=O)(Nc1cnccn1)C(=O)N[C@@H](CSC)C(=O)O. The van der Waals surface area contributed by atoms with E-state index in [-0.39, 0.29) is 18.2 Å². The Labute approximate surface area is 137 Å². The number of hydrogen-bond acceptors (Lipinski definition) is 8. The van der Waals surface area contributed by atoms with Crippen LogP contribution in [0.25, 0.3) is 0 Å². The molecule has 0 fully saturated rings. The minimum atomic E-state index is -1.81. The third kappa shape index (κ3) is 5.18. The van der Waals surface area contributed by atoms with Gasteiger partial charge in [-0.3, -0.25) is 9.78 Å². The minimum Gasteiger partial charge on any atom is -0.480 e. The van der Waals surface area contributed by atoms with E-state index in [1.54, 1.807) is 6.26 Å². The standard InChI is InChI=1S/C13H18N4O5S/c1-22-8-13(7-18,17-10-5-14-3-4-15-10)12(21)16-9(6-23-2)11(19)20/h3-5,7,9H,6,8H2,1-2H3,(H,15,17)(H,16,21)(H,19,20)/t9-,13-/m0/s1. The van der Waals surface area contributed by atoms with Gasteiger partial charge in [-0.2, -0.15) is 11.8 Å². The number of thioether (sulfide) groups is 1. The highest BCUT2D eigenvalue weighted by molar-refractivity contribution is 7.98. The molecule has 0 aliphatic rings. The Morgan fingerprint density at radius 2 is 2.26 bits per heavy atom. The van der Waals surface area contributed by atoms with Crippen LogP contribution >= 0.6 is 11.8 Å². The fourth-order valence-electron chi connectivity index (χ4n) is 1.72. The first kappa shape index (κ1) is 18.8. The third-order valence-corrected chi connectivity index (χ3v) is 3.50. The van der Waals surface area contributed by atoms with E-state index in [1.165, 1.54) is 37.5 Å². The summed E-state index contributed by atoms with van der Waals surface area (Å²) in [6.45, 7) is -0.301. The first-order valence-corrected chi connectivity index (χ1v) is 7.90. The van der Waals surface area contributed by atoms with Gasteiger partial charge in [0.1, 0.15) is 11.9 Å². The average Bonchev–Trinajstić information content (AvgIpc) is 2.54. The summed E-state index contributed by atoms with van der Waals surface area (Å²) in [5.41, 5.74) is -1.81. The second-order valence-corrected chi connectivity index (χ2v) is 5.47. The molecule has 1 aromatic heterocycles. The molecule has 0 saturated carbocycles. The van der Waals surface area contributed by atoms with Crippen LogP contribution in [0.5, 0.6) is 0 Å². The van der Waals surface area contributed by atoms with Crippen molar-refractivity contribution >= 4 is 35.7 Å². The summed E-state index contributed by atoms with van der Waals surface area (Å²) >= 11 is 1.26. The van der Waals surface area contributed by atoms with Crippen molar-refractivity contribution in [2.24, 2.45) is 0 Å². The molecule has 0 radical (unpaired) electrons. The summed E-state index contributed by atoms with van der Waals surface area (Å²) in [4.78, 5) is 43.0. The van der Waals surface area contributed by atoms with Gasteiger partial charge in [0.05, 0.1) is 12.8 Å². The highest BCUT2D eigenvalue weighted by Gasteiger charge is 2.41. The number of carbonyl (C=O) groups excluding carboxylic acids is 2. The number of aliphatic carboxylic acids is 1. The molecule has 1 amide bonds. The summed E-state index contributed by atoms with van der Waals surface area (Å²) in [5.74, 6) is -1.66. The zero-order chi connectivity index (χ0) is 17.3. The summed E-state index contributed by atoms with van der Waals surface area (Å²) in [7, 11) is 1.32. The van der Waals surface area contributed by atoms with Crippen LogP contribution in [0.2, 0.25) is 0 Å². The molecule has 3 N–H and O–H groups in total. The molecule has 9 nitrogen and oxygen atoms in total. The Bertz CT molecular complexity index is 544. The number of aromatic nitrogens is 2. The van der Waals surface area contributed by atoms with Crippen LogP contribution in [-0.2, 0) is 19.1 Å². The van der Waals surface area contributed by atoms with Gasteiger partial charge in [0.25, 0.3) is 5.91 Å². The predicted molar refractivity (Wildman–Crippen MR) is 84.3 cm³/mol. The lowest BCUT2D eigenvalue weighted by Gasteiger charge is -2.29. The van der Waals surface area contributed by atoms with E-state index >= 15 is 0 Å². The number of carboxylic acid groups (broad SMARTS) is 1. The quantitative estimate of drug-likeness (QED) is 0.377. The molecule has 126 valence electrons. The number of hydrogen-bond donors (Lipinski definition) is 3. The van der Waals surface area contributed by atoms with Gasteiger partial charge in [-0.05, 0) is 6.26 Å². The second kappa shape index (κ2) is 9.06. The van der Waals surface area contributed by atoms with Gasteiger partial charge in [0, 0.05) is 25.3 Å².